The maximum atomic E-state index is 12.4. The molecule has 0 aromatic carbocycles. The van der Waals surface area contributed by atoms with Crippen LogP contribution in [0.25, 0.3) is 5.65 Å². The minimum atomic E-state index is 0.273. The second-order valence-electron chi connectivity index (χ2n) is 6.82. The Balaban J connectivity index is 1.37. The van der Waals surface area contributed by atoms with E-state index < -0.39 is 0 Å². The van der Waals surface area contributed by atoms with Gasteiger partial charge >= 0.3 is 0 Å². The maximum absolute atomic E-state index is 12.4. The number of carbonyl (C=O) groups is 1. The molecule has 134 valence electrons. The smallest absolute Gasteiger partial charge is 0.223 e. The van der Waals surface area contributed by atoms with Gasteiger partial charge in [-0.1, -0.05) is 0 Å². The molecule has 0 saturated carbocycles. The minimum absolute atomic E-state index is 0.273. The van der Waals surface area contributed by atoms with E-state index in [1.807, 2.05) is 22.4 Å². The lowest BCUT2D eigenvalue weighted by atomic mass is 9.93. The summed E-state index contributed by atoms with van der Waals surface area (Å²) in [5.74, 6) is 2.48. The molecule has 2 saturated heterocycles. The molecule has 0 unspecified atom stereocenters. The van der Waals surface area contributed by atoms with Gasteiger partial charge in [0.25, 0.3) is 0 Å². The maximum Gasteiger partial charge on any atom is 0.223 e. The first-order valence-corrected chi connectivity index (χ1v) is 8.99. The number of hydrogen-bond acceptors (Lipinski definition) is 6. The predicted molar refractivity (Wildman–Crippen MR) is 92.5 cm³/mol. The van der Waals surface area contributed by atoms with Gasteiger partial charge in [-0.15, -0.1) is 10.2 Å². The second-order valence-corrected chi connectivity index (χ2v) is 6.82. The van der Waals surface area contributed by atoms with Crippen LogP contribution in [0, 0.1) is 12.8 Å². The molecule has 8 nitrogen and oxygen atoms in total. The van der Waals surface area contributed by atoms with E-state index in [0.717, 1.165) is 56.3 Å². The van der Waals surface area contributed by atoms with Crippen LogP contribution < -0.4 is 4.90 Å². The quantitative estimate of drug-likeness (QED) is 0.823. The summed E-state index contributed by atoms with van der Waals surface area (Å²) in [4.78, 5) is 21.1. The number of fused-ring (bicyclic) bond motifs is 1. The van der Waals surface area contributed by atoms with Crippen molar-refractivity contribution in [2.24, 2.45) is 5.92 Å². The van der Waals surface area contributed by atoms with Crippen LogP contribution in [0.2, 0.25) is 0 Å². The van der Waals surface area contributed by atoms with E-state index >= 15 is 0 Å². The molecule has 2 fully saturated rings. The lowest BCUT2D eigenvalue weighted by Crippen LogP contribution is -2.42. The Kier molecular flexibility index (Phi) is 4.52. The molecule has 0 spiro atoms. The number of aryl methyl sites for hydroxylation is 1. The molecule has 0 aliphatic carbocycles. The highest BCUT2D eigenvalue weighted by Crippen LogP contribution is 2.26. The third-order valence-electron chi connectivity index (χ3n) is 5.22. The molecule has 0 bridgehead atoms. The number of amides is 1. The van der Waals surface area contributed by atoms with E-state index in [0.29, 0.717) is 25.6 Å². The fraction of sp³-hybridized carbons (Fsp3) is 0.647. The molecule has 8 heteroatoms. The predicted octanol–water partition coefficient (Wildman–Crippen LogP) is 0.898. The van der Waals surface area contributed by atoms with Gasteiger partial charge in [-0.05, 0) is 25.7 Å². The Morgan fingerprint density at radius 3 is 2.72 bits per heavy atom. The number of aromatic nitrogens is 4. The fourth-order valence-electron chi connectivity index (χ4n) is 3.69. The number of nitrogens with zero attached hydrogens (tertiary/aromatic N) is 6. The summed E-state index contributed by atoms with van der Waals surface area (Å²) in [5, 5.41) is 8.40. The van der Waals surface area contributed by atoms with Crippen molar-refractivity contribution in [1.82, 2.24) is 24.5 Å². The van der Waals surface area contributed by atoms with Gasteiger partial charge in [-0.2, -0.15) is 0 Å². The van der Waals surface area contributed by atoms with Crippen LogP contribution in [0.4, 0.5) is 5.82 Å². The Morgan fingerprint density at radius 2 is 1.96 bits per heavy atom. The number of carbonyl (C=O) groups excluding carboxylic acids is 1. The van der Waals surface area contributed by atoms with Gasteiger partial charge in [0.15, 0.2) is 5.82 Å². The van der Waals surface area contributed by atoms with Gasteiger partial charge in [-0.3, -0.25) is 9.20 Å². The fourth-order valence-corrected chi connectivity index (χ4v) is 3.69. The van der Waals surface area contributed by atoms with Gasteiger partial charge in [0.05, 0.1) is 13.2 Å². The first kappa shape index (κ1) is 16.3. The molecule has 1 amide bonds. The average molecular weight is 344 g/mol. The monoisotopic (exact) mass is 344 g/mol. The zero-order valence-electron chi connectivity index (χ0n) is 14.6. The van der Waals surface area contributed by atoms with Crippen molar-refractivity contribution in [3.8, 4) is 0 Å². The van der Waals surface area contributed by atoms with Crippen LogP contribution in [0.15, 0.2) is 12.4 Å². The van der Waals surface area contributed by atoms with Crippen LogP contribution in [0.1, 0.15) is 25.1 Å². The lowest BCUT2D eigenvalue weighted by molar-refractivity contribution is -0.136. The molecule has 25 heavy (non-hydrogen) atoms. The second kappa shape index (κ2) is 6.95. The van der Waals surface area contributed by atoms with Gasteiger partial charge in [0, 0.05) is 45.0 Å². The Hall–Kier alpha value is -2.22. The molecule has 4 heterocycles. The average Bonchev–Trinajstić information content (AvgIpc) is 3.04. The highest BCUT2D eigenvalue weighted by molar-refractivity contribution is 5.76. The summed E-state index contributed by atoms with van der Waals surface area (Å²) >= 11 is 0. The van der Waals surface area contributed by atoms with E-state index in [2.05, 4.69) is 20.1 Å². The van der Waals surface area contributed by atoms with Crippen LogP contribution in [-0.4, -0.2) is 69.8 Å². The summed E-state index contributed by atoms with van der Waals surface area (Å²) in [6.45, 7) is 6.54. The SMILES string of the molecule is Cc1nnc2c(N3CCC(CC(=O)N4CCOCC4)CC3)nccn12. The zero-order chi connectivity index (χ0) is 17.2. The van der Waals surface area contributed by atoms with E-state index in [-0.39, 0.29) is 5.91 Å². The first-order chi connectivity index (χ1) is 12.2. The molecule has 0 atom stereocenters. The third-order valence-corrected chi connectivity index (χ3v) is 5.22. The van der Waals surface area contributed by atoms with Crippen molar-refractivity contribution in [3.05, 3.63) is 18.2 Å². The van der Waals surface area contributed by atoms with Crippen LogP contribution in [0.5, 0.6) is 0 Å². The van der Waals surface area contributed by atoms with Crippen LogP contribution >= 0.6 is 0 Å². The highest BCUT2D eigenvalue weighted by Gasteiger charge is 2.26. The molecule has 4 rings (SSSR count). The summed E-state index contributed by atoms with van der Waals surface area (Å²) in [5.41, 5.74) is 0.808. The zero-order valence-corrected chi connectivity index (χ0v) is 14.6. The molecule has 2 aliphatic rings. The van der Waals surface area contributed by atoms with Crippen molar-refractivity contribution in [3.63, 3.8) is 0 Å². The molecular weight excluding hydrogens is 320 g/mol. The van der Waals surface area contributed by atoms with Gasteiger partial charge in [-0.25, -0.2) is 4.98 Å². The van der Waals surface area contributed by atoms with Crippen molar-refractivity contribution in [1.29, 1.82) is 0 Å². The first-order valence-electron chi connectivity index (χ1n) is 8.99. The van der Waals surface area contributed by atoms with E-state index in [1.54, 1.807) is 6.20 Å². The Labute approximate surface area is 146 Å². The van der Waals surface area contributed by atoms with Crippen LogP contribution in [0.3, 0.4) is 0 Å². The number of piperidine rings is 1. The molecule has 0 radical (unpaired) electrons. The lowest BCUT2D eigenvalue weighted by Gasteiger charge is -2.34. The summed E-state index contributed by atoms with van der Waals surface area (Å²) in [6.07, 6.45) is 6.35. The van der Waals surface area contributed by atoms with Crippen molar-refractivity contribution in [2.45, 2.75) is 26.2 Å². The van der Waals surface area contributed by atoms with E-state index in [4.69, 9.17) is 4.74 Å². The van der Waals surface area contributed by atoms with Crippen molar-refractivity contribution in [2.75, 3.05) is 44.3 Å². The minimum Gasteiger partial charge on any atom is -0.378 e. The Bertz CT molecular complexity index is 747. The van der Waals surface area contributed by atoms with Crippen molar-refractivity contribution >= 4 is 17.4 Å². The van der Waals surface area contributed by atoms with Gasteiger partial charge in [0.2, 0.25) is 11.6 Å². The molecule has 2 aromatic rings. The number of ether oxygens (including phenoxy) is 1. The molecular formula is C17H24N6O2. The van der Waals surface area contributed by atoms with Gasteiger partial charge in [0.1, 0.15) is 5.82 Å². The topological polar surface area (TPSA) is 75.9 Å². The van der Waals surface area contributed by atoms with Crippen LogP contribution in [-0.2, 0) is 9.53 Å². The summed E-state index contributed by atoms with van der Waals surface area (Å²) < 4.78 is 7.29. The normalized spacial score (nSPS) is 19.6. The number of hydrogen-bond donors (Lipinski definition) is 0. The highest BCUT2D eigenvalue weighted by atomic mass is 16.5. The molecule has 2 aliphatic heterocycles. The van der Waals surface area contributed by atoms with Crippen molar-refractivity contribution < 1.29 is 9.53 Å². The largest absolute Gasteiger partial charge is 0.378 e. The third kappa shape index (κ3) is 3.30. The number of anilines is 1. The number of rotatable bonds is 3. The van der Waals surface area contributed by atoms with E-state index in [9.17, 15) is 4.79 Å². The Morgan fingerprint density at radius 1 is 1.20 bits per heavy atom. The summed E-state index contributed by atoms with van der Waals surface area (Å²) in [6, 6.07) is 0. The molecule has 2 aromatic heterocycles. The van der Waals surface area contributed by atoms with E-state index in [1.165, 1.54) is 0 Å². The van der Waals surface area contributed by atoms with Gasteiger partial charge < -0.3 is 14.5 Å². The number of morpholine rings is 1. The molecule has 0 N–H and O–H groups in total. The summed E-state index contributed by atoms with van der Waals surface area (Å²) in [7, 11) is 0. The standard InChI is InChI=1S/C17H24N6O2/c1-13-19-20-17-16(18-4-7-23(13)17)22-5-2-14(3-6-22)12-15(24)21-8-10-25-11-9-21/h4,7,14H,2-3,5-6,8-12H2,1H3.